The SMILES string of the molecule is C=C1C(O)=C(C(=O)OCC)[C@H](c2cccs2)C[C@H]1O. The van der Waals surface area contributed by atoms with Crippen LogP contribution < -0.4 is 0 Å². The molecule has 0 saturated carbocycles. The van der Waals surface area contributed by atoms with E-state index in [1.165, 1.54) is 11.3 Å². The first kappa shape index (κ1) is 13.8. The van der Waals surface area contributed by atoms with Crippen LogP contribution in [0, 0.1) is 0 Å². The molecule has 2 atom stereocenters. The number of ether oxygens (including phenoxy) is 1. The minimum Gasteiger partial charge on any atom is -0.507 e. The smallest absolute Gasteiger partial charge is 0.338 e. The topological polar surface area (TPSA) is 66.8 Å². The molecule has 0 amide bonds. The molecule has 0 bridgehead atoms. The monoisotopic (exact) mass is 280 g/mol. The molecule has 1 aliphatic rings. The van der Waals surface area contributed by atoms with E-state index in [0.717, 1.165) is 4.88 Å². The van der Waals surface area contributed by atoms with Crippen molar-refractivity contribution in [1.82, 2.24) is 0 Å². The van der Waals surface area contributed by atoms with Crippen LogP contribution in [0.3, 0.4) is 0 Å². The summed E-state index contributed by atoms with van der Waals surface area (Å²) in [6.45, 7) is 5.57. The highest BCUT2D eigenvalue weighted by Crippen LogP contribution is 2.41. The van der Waals surface area contributed by atoms with Gasteiger partial charge in [0.2, 0.25) is 0 Å². The quantitative estimate of drug-likeness (QED) is 0.835. The maximum atomic E-state index is 12.0. The molecule has 2 rings (SSSR count). The van der Waals surface area contributed by atoms with Crippen molar-refractivity contribution < 1.29 is 19.7 Å². The van der Waals surface area contributed by atoms with E-state index >= 15 is 0 Å². The van der Waals surface area contributed by atoms with Gasteiger partial charge in [-0.2, -0.15) is 0 Å². The van der Waals surface area contributed by atoms with Crippen LogP contribution in [-0.2, 0) is 9.53 Å². The lowest BCUT2D eigenvalue weighted by molar-refractivity contribution is -0.139. The third kappa shape index (κ3) is 2.57. The summed E-state index contributed by atoms with van der Waals surface area (Å²) in [4.78, 5) is 12.9. The highest BCUT2D eigenvalue weighted by Gasteiger charge is 2.37. The van der Waals surface area contributed by atoms with Gasteiger partial charge in [-0.25, -0.2) is 4.79 Å². The minimum atomic E-state index is -0.842. The molecule has 0 aromatic carbocycles. The van der Waals surface area contributed by atoms with Crippen molar-refractivity contribution in [3.8, 4) is 0 Å². The summed E-state index contributed by atoms with van der Waals surface area (Å²) >= 11 is 1.48. The molecule has 19 heavy (non-hydrogen) atoms. The molecule has 1 heterocycles. The van der Waals surface area contributed by atoms with Gasteiger partial charge < -0.3 is 14.9 Å². The first-order valence-corrected chi connectivity index (χ1v) is 6.95. The number of carbonyl (C=O) groups is 1. The summed E-state index contributed by atoms with van der Waals surface area (Å²) in [6.07, 6.45) is -0.511. The van der Waals surface area contributed by atoms with Crippen molar-refractivity contribution in [2.75, 3.05) is 6.61 Å². The van der Waals surface area contributed by atoms with Crippen molar-refractivity contribution in [3.05, 3.63) is 45.9 Å². The van der Waals surface area contributed by atoms with Crippen LogP contribution in [0.5, 0.6) is 0 Å². The lowest BCUT2D eigenvalue weighted by Gasteiger charge is -2.28. The molecule has 0 fully saturated rings. The largest absolute Gasteiger partial charge is 0.507 e. The van der Waals surface area contributed by atoms with E-state index < -0.39 is 12.1 Å². The third-order valence-electron chi connectivity index (χ3n) is 3.15. The summed E-state index contributed by atoms with van der Waals surface area (Å²) in [5.74, 6) is -1.14. The van der Waals surface area contributed by atoms with Crippen LogP contribution in [0.2, 0.25) is 0 Å². The predicted molar refractivity (Wildman–Crippen MR) is 73.1 cm³/mol. The molecule has 0 unspecified atom stereocenters. The van der Waals surface area contributed by atoms with Gasteiger partial charge in [-0.3, -0.25) is 0 Å². The molecule has 0 radical (unpaired) electrons. The Hall–Kier alpha value is -1.59. The van der Waals surface area contributed by atoms with E-state index in [2.05, 4.69) is 6.58 Å². The number of hydrogen-bond donors (Lipinski definition) is 2. The molecule has 1 aromatic heterocycles. The maximum absolute atomic E-state index is 12.0. The normalized spacial score (nSPS) is 23.6. The zero-order chi connectivity index (χ0) is 14.0. The number of thiophene rings is 1. The second-order valence-corrected chi connectivity index (χ2v) is 5.31. The zero-order valence-corrected chi connectivity index (χ0v) is 11.4. The number of esters is 1. The zero-order valence-electron chi connectivity index (χ0n) is 10.6. The minimum absolute atomic E-state index is 0.177. The van der Waals surface area contributed by atoms with Gasteiger partial charge in [0.05, 0.1) is 18.3 Å². The maximum Gasteiger partial charge on any atom is 0.338 e. The highest BCUT2D eigenvalue weighted by atomic mass is 32.1. The predicted octanol–water partition coefficient (Wildman–Crippen LogP) is 2.53. The van der Waals surface area contributed by atoms with Crippen LogP contribution in [0.4, 0.5) is 0 Å². The number of aliphatic hydroxyl groups is 2. The van der Waals surface area contributed by atoms with Gasteiger partial charge in [-0.1, -0.05) is 12.6 Å². The molecule has 1 aliphatic carbocycles. The highest BCUT2D eigenvalue weighted by molar-refractivity contribution is 7.10. The standard InChI is InChI=1S/C14H16O4S/c1-3-18-14(17)12-9(11-5-4-6-19-11)7-10(15)8(2)13(12)16/h4-6,9-10,15-16H,2-3,7H2,1H3/t9-,10+/m0/s1. The van der Waals surface area contributed by atoms with E-state index in [-0.39, 0.29) is 29.4 Å². The Morgan fingerprint density at radius 2 is 2.37 bits per heavy atom. The van der Waals surface area contributed by atoms with Crippen molar-refractivity contribution >= 4 is 17.3 Å². The van der Waals surface area contributed by atoms with Crippen LogP contribution in [0.1, 0.15) is 24.1 Å². The first-order valence-electron chi connectivity index (χ1n) is 6.07. The average molecular weight is 280 g/mol. The Morgan fingerprint density at radius 3 is 2.95 bits per heavy atom. The first-order chi connectivity index (χ1) is 9.06. The fourth-order valence-corrected chi connectivity index (χ4v) is 3.02. The molecular formula is C14H16O4S. The molecule has 0 saturated heterocycles. The Kier molecular flexibility index (Phi) is 4.07. The second kappa shape index (κ2) is 5.59. The van der Waals surface area contributed by atoms with Gasteiger partial charge >= 0.3 is 5.97 Å². The van der Waals surface area contributed by atoms with Crippen molar-refractivity contribution in [2.24, 2.45) is 0 Å². The summed E-state index contributed by atoms with van der Waals surface area (Å²) in [6, 6.07) is 3.75. The van der Waals surface area contributed by atoms with Crippen LogP contribution in [0.25, 0.3) is 0 Å². The average Bonchev–Trinajstić information content (AvgIpc) is 2.89. The summed E-state index contributed by atoms with van der Waals surface area (Å²) in [7, 11) is 0. The number of carbonyl (C=O) groups excluding carboxylic acids is 1. The fourth-order valence-electron chi connectivity index (χ4n) is 2.17. The molecule has 0 spiro atoms. The summed E-state index contributed by atoms with van der Waals surface area (Å²) in [5.41, 5.74) is 0.371. The molecule has 2 N–H and O–H groups in total. The van der Waals surface area contributed by atoms with Crippen LogP contribution >= 0.6 is 11.3 Å². The number of rotatable bonds is 3. The summed E-state index contributed by atoms with van der Waals surface area (Å²) < 4.78 is 4.99. The van der Waals surface area contributed by atoms with Gasteiger partial charge in [-0.05, 0) is 24.8 Å². The van der Waals surface area contributed by atoms with Gasteiger partial charge in [0.1, 0.15) is 5.76 Å². The Balaban J connectivity index is 2.45. The Morgan fingerprint density at radius 1 is 1.63 bits per heavy atom. The molecule has 102 valence electrons. The van der Waals surface area contributed by atoms with E-state index in [0.29, 0.717) is 6.42 Å². The molecule has 5 heteroatoms. The van der Waals surface area contributed by atoms with E-state index in [1.54, 1.807) is 6.92 Å². The van der Waals surface area contributed by atoms with Crippen LogP contribution in [0.15, 0.2) is 41.0 Å². The van der Waals surface area contributed by atoms with E-state index in [4.69, 9.17) is 4.74 Å². The Labute approximate surface area is 115 Å². The summed E-state index contributed by atoms with van der Waals surface area (Å²) in [5, 5.41) is 21.9. The number of hydrogen-bond acceptors (Lipinski definition) is 5. The van der Waals surface area contributed by atoms with Crippen LogP contribution in [-0.4, -0.2) is 28.9 Å². The van der Waals surface area contributed by atoms with E-state index in [1.807, 2.05) is 17.5 Å². The lowest BCUT2D eigenvalue weighted by atomic mass is 9.81. The number of aliphatic hydroxyl groups excluding tert-OH is 2. The lowest BCUT2D eigenvalue weighted by Crippen LogP contribution is -2.28. The van der Waals surface area contributed by atoms with Crippen molar-refractivity contribution in [1.29, 1.82) is 0 Å². The Bertz CT molecular complexity index is 516. The fraction of sp³-hybridized carbons (Fsp3) is 0.357. The van der Waals surface area contributed by atoms with Gasteiger partial charge in [0.15, 0.2) is 0 Å². The van der Waals surface area contributed by atoms with Gasteiger partial charge in [0.25, 0.3) is 0 Å². The third-order valence-corrected chi connectivity index (χ3v) is 4.14. The van der Waals surface area contributed by atoms with Crippen molar-refractivity contribution in [3.63, 3.8) is 0 Å². The molecule has 1 aromatic rings. The molecular weight excluding hydrogens is 264 g/mol. The molecule has 0 aliphatic heterocycles. The van der Waals surface area contributed by atoms with E-state index in [9.17, 15) is 15.0 Å². The second-order valence-electron chi connectivity index (χ2n) is 4.33. The van der Waals surface area contributed by atoms with Gasteiger partial charge in [0, 0.05) is 16.4 Å². The van der Waals surface area contributed by atoms with Gasteiger partial charge in [-0.15, -0.1) is 11.3 Å². The molecule has 4 nitrogen and oxygen atoms in total. The van der Waals surface area contributed by atoms with Crippen molar-refractivity contribution in [2.45, 2.75) is 25.4 Å².